The number of hydrogen-bond acceptors (Lipinski definition) is 5. The molecule has 0 saturated heterocycles. The number of hydrogen-bond donors (Lipinski definition) is 3. The zero-order valence-electron chi connectivity index (χ0n) is 14.4. The summed E-state index contributed by atoms with van der Waals surface area (Å²) in [5.74, 6) is -0.121. The number of nitrogens with one attached hydrogen (secondary N) is 2. The van der Waals surface area contributed by atoms with Gasteiger partial charge in [-0.15, -0.1) is 11.3 Å². The molecule has 0 spiro atoms. The molecule has 130 valence electrons. The second kappa shape index (κ2) is 8.26. The third kappa shape index (κ3) is 5.32. The lowest BCUT2D eigenvalue weighted by Crippen LogP contribution is -2.24. The highest BCUT2D eigenvalue weighted by Crippen LogP contribution is 2.25. The summed E-state index contributed by atoms with van der Waals surface area (Å²) >= 11 is 1.69. The number of thiazole rings is 1. The molecule has 2 aromatic rings. The van der Waals surface area contributed by atoms with Crippen molar-refractivity contribution < 1.29 is 9.90 Å². The summed E-state index contributed by atoms with van der Waals surface area (Å²) in [5, 5.41) is 18.0. The first-order chi connectivity index (χ1) is 11.4. The highest BCUT2D eigenvalue weighted by atomic mass is 32.1. The van der Waals surface area contributed by atoms with Gasteiger partial charge in [0.05, 0.1) is 17.2 Å². The van der Waals surface area contributed by atoms with Gasteiger partial charge in [0.15, 0.2) is 0 Å². The molecule has 1 aromatic carbocycles. The Labute approximate surface area is 147 Å². The van der Waals surface area contributed by atoms with Crippen LogP contribution in [0, 0.1) is 0 Å². The normalized spacial score (nSPS) is 11.3. The molecule has 6 heteroatoms. The zero-order valence-corrected chi connectivity index (χ0v) is 15.2. The zero-order chi connectivity index (χ0) is 17.6. The number of amides is 1. The molecule has 0 aliphatic rings. The average molecular weight is 347 g/mol. The van der Waals surface area contributed by atoms with Crippen LogP contribution in [0.2, 0.25) is 0 Å². The van der Waals surface area contributed by atoms with E-state index in [9.17, 15) is 4.79 Å². The van der Waals surface area contributed by atoms with Gasteiger partial charge in [-0.2, -0.15) is 0 Å². The molecule has 0 atom stereocenters. The summed E-state index contributed by atoms with van der Waals surface area (Å²) in [6.07, 6.45) is 0.565. The van der Waals surface area contributed by atoms with Crippen LogP contribution in [0.1, 0.15) is 48.3 Å². The number of benzene rings is 1. The van der Waals surface area contributed by atoms with E-state index in [1.165, 1.54) is 0 Å². The van der Waals surface area contributed by atoms with Gasteiger partial charge >= 0.3 is 0 Å². The topological polar surface area (TPSA) is 74.2 Å². The summed E-state index contributed by atoms with van der Waals surface area (Å²) in [4.78, 5) is 16.5. The van der Waals surface area contributed by atoms with E-state index in [0.717, 1.165) is 16.4 Å². The van der Waals surface area contributed by atoms with Gasteiger partial charge in [0.1, 0.15) is 0 Å². The number of rotatable bonds is 7. The molecule has 2 rings (SSSR count). The first-order valence-electron chi connectivity index (χ1n) is 8.08. The van der Waals surface area contributed by atoms with Crippen LogP contribution in [-0.2, 0) is 12.0 Å². The maximum atomic E-state index is 11.9. The fourth-order valence-electron chi connectivity index (χ4n) is 2.05. The molecule has 0 fully saturated rings. The predicted octanol–water partition coefficient (Wildman–Crippen LogP) is 3.16. The van der Waals surface area contributed by atoms with Gasteiger partial charge in [-0.3, -0.25) is 4.79 Å². The molecule has 5 nitrogen and oxygen atoms in total. The number of aliphatic hydroxyl groups is 1. The number of carbonyl (C=O) groups is 1. The van der Waals surface area contributed by atoms with Gasteiger partial charge in [0.2, 0.25) is 0 Å². The van der Waals surface area contributed by atoms with Gasteiger partial charge in [0, 0.05) is 35.2 Å². The van der Waals surface area contributed by atoms with E-state index in [1.54, 1.807) is 23.5 Å². The van der Waals surface area contributed by atoms with E-state index < -0.39 is 0 Å². The van der Waals surface area contributed by atoms with Crippen LogP contribution < -0.4 is 10.6 Å². The number of nitrogens with zero attached hydrogens (tertiary/aromatic N) is 1. The van der Waals surface area contributed by atoms with Gasteiger partial charge in [-0.25, -0.2) is 4.98 Å². The molecule has 0 aliphatic carbocycles. The van der Waals surface area contributed by atoms with Crippen molar-refractivity contribution in [1.29, 1.82) is 0 Å². The summed E-state index contributed by atoms with van der Waals surface area (Å²) in [7, 11) is 0. The lowest BCUT2D eigenvalue weighted by molar-refractivity contribution is 0.0951. The minimum Gasteiger partial charge on any atom is -0.396 e. The van der Waals surface area contributed by atoms with E-state index in [-0.39, 0.29) is 17.9 Å². The quantitative estimate of drug-likeness (QED) is 0.673. The van der Waals surface area contributed by atoms with Crippen molar-refractivity contribution in [3.8, 4) is 0 Å². The molecule has 24 heavy (non-hydrogen) atoms. The standard InChI is InChI=1S/C18H25N3O2S/c1-18(2,3)17-21-15(12-24-17)11-20-14-7-5-13(6-8-14)16(23)19-9-4-10-22/h5-8,12,20,22H,4,9-11H2,1-3H3,(H,19,23). The van der Waals surface area contributed by atoms with Crippen LogP contribution in [0.5, 0.6) is 0 Å². The molecular formula is C18H25N3O2S. The van der Waals surface area contributed by atoms with Crippen LogP contribution in [0.15, 0.2) is 29.6 Å². The maximum absolute atomic E-state index is 11.9. The van der Waals surface area contributed by atoms with Crippen molar-refractivity contribution in [3.63, 3.8) is 0 Å². The Kier molecular flexibility index (Phi) is 6.34. The minimum atomic E-state index is -0.121. The Balaban J connectivity index is 1.87. The van der Waals surface area contributed by atoms with Gasteiger partial charge in [-0.05, 0) is 30.7 Å². The van der Waals surface area contributed by atoms with Crippen molar-refractivity contribution >= 4 is 22.9 Å². The molecule has 1 heterocycles. The largest absolute Gasteiger partial charge is 0.396 e. The number of aliphatic hydroxyl groups excluding tert-OH is 1. The Morgan fingerprint density at radius 2 is 1.96 bits per heavy atom. The second-order valence-corrected chi connectivity index (χ2v) is 7.52. The van der Waals surface area contributed by atoms with E-state index in [4.69, 9.17) is 5.11 Å². The van der Waals surface area contributed by atoms with Crippen LogP contribution in [0.4, 0.5) is 5.69 Å². The molecule has 0 radical (unpaired) electrons. The van der Waals surface area contributed by atoms with Crippen molar-refractivity contribution in [2.24, 2.45) is 0 Å². The average Bonchev–Trinajstić information content (AvgIpc) is 3.03. The number of carbonyl (C=O) groups excluding carboxylic acids is 1. The van der Waals surface area contributed by atoms with E-state index in [1.807, 2.05) is 12.1 Å². The fourth-order valence-corrected chi connectivity index (χ4v) is 2.95. The van der Waals surface area contributed by atoms with Crippen molar-refractivity contribution in [1.82, 2.24) is 10.3 Å². The molecule has 0 saturated carbocycles. The molecule has 0 aliphatic heterocycles. The first kappa shape index (κ1) is 18.4. The Morgan fingerprint density at radius 3 is 2.54 bits per heavy atom. The predicted molar refractivity (Wildman–Crippen MR) is 98.6 cm³/mol. The SMILES string of the molecule is CC(C)(C)c1nc(CNc2ccc(C(=O)NCCCO)cc2)cs1. The second-order valence-electron chi connectivity index (χ2n) is 6.66. The van der Waals surface area contributed by atoms with Crippen LogP contribution in [-0.4, -0.2) is 29.1 Å². The number of aromatic nitrogens is 1. The monoisotopic (exact) mass is 347 g/mol. The molecule has 1 aromatic heterocycles. The lowest BCUT2D eigenvalue weighted by Gasteiger charge is -2.13. The molecule has 0 unspecified atom stereocenters. The highest BCUT2D eigenvalue weighted by Gasteiger charge is 2.17. The molecule has 0 bridgehead atoms. The molecule has 3 N–H and O–H groups in total. The van der Waals surface area contributed by atoms with Crippen LogP contribution in [0.25, 0.3) is 0 Å². The van der Waals surface area contributed by atoms with Crippen molar-refractivity contribution in [2.75, 3.05) is 18.5 Å². The maximum Gasteiger partial charge on any atom is 0.251 e. The minimum absolute atomic E-state index is 0.0773. The summed E-state index contributed by atoms with van der Waals surface area (Å²) in [6.45, 7) is 7.70. The Bertz CT molecular complexity index is 660. The summed E-state index contributed by atoms with van der Waals surface area (Å²) in [6, 6.07) is 7.35. The Hall–Kier alpha value is -1.92. The van der Waals surface area contributed by atoms with Gasteiger partial charge in [-0.1, -0.05) is 20.8 Å². The van der Waals surface area contributed by atoms with Gasteiger partial charge in [0.25, 0.3) is 5.91 Å². The highest BCUT2D eigenvalue weighted by molar-refractivity contribution is 7.09. The fraction of sp³-hybridized carbons (Fsp3) is 0.444. The summed E-state index contributed by atoms with van der Waals surface area (Å²) in [5.41, 5.74) is 2.67. The van der Waals surface area contributed by atoms with Crippen LogP contribution >= 0.6 is 11.3 Å². The third-order valence-corrected chi connectivity index (χ3v) is 4.75. The van der Waals surface area contributed by atoms with E-state index >= 15 is 0 Å². The summed E-state index contributed by atoms with van der Waals surface area (Å²) < 4.78 is 0. The molecular weight excluding hydrogens is 322 g/mol. The van der Waals surface area contributed by atoms with Gasteiger partial charge < -0.3 is 15.7 Å². The third-order valence-electron chi connectivity index (χ3n) is 3.43. The smallest absolute Gasteiger partial charge is 0.251 e. The lowest BCUT2D eigenvalue weighted by atomic mass is 9.98. The van der Waals surface area contributed by atoms with Crippen LogP contribution in [0.3, 0.4) is 0 Å². The molecule has 1 amide bonds. The Morgan fingerprint density at radius 1 is 1.25 bits per heavy atom. The van der Waals surface area contributed by atoms with E-state index in [0.29, 0.717) is 25.1 Å². The first-order valence-corrected chi connectivity index (χ1v) is 8.96. The van der Waals surface area contributed by atoms with Crippen molar-refractivity contribution in [3.05, 3.63) is 45.9 Å². The number of anilines is 1. The van der Waals surface area contributed by atoms with E-state index in [2.05, 4.69) is 41.8 Å². The van der Waals surface area contributed by atoms with Crippen molar-refractivity contribution in [2.45, 2.75) is 39.2 Å².